The van der Waals surface area contributed by atoms with Gasteiger partial charge in [0.05, 0.1) is 43.7 Å². The minimum Gasteiger partial charge on any atom is -0.394 e. The smallest absolute Gasteiger partial charge is 0.187 e. The minimum absolute atomic E-state index is 0.00673. The number of aliphatic hydroxyl groups excluding tert-OH is 9. The largest absolute Gasteiger partial charge is 0.394 e. The Morgan fingerprint density at radius 1 is 0.603 bits per heavy atom. The van der Waals surface area contributed by atoms with Crippen molar-refractivity contribution in [2.75, 3.05) is 19.8 Å². The van der Waals surface area contributed by atoms with Crippen molar-refractivity contribution in [3.63, 3.8) is 0 Å². The van der Waals surface area contributed by atoms with E-state index >= 15 is 0 Å². The second-order valence-electron chi connectivity index (χ2n) is 23.8. The summed E-state index contributed by atoms with van der Waals surface area (Å²) in [5.74, 6) is 1.08. The van der Waals surface area contributed by atoms with Crippen molar-refractivity contribution < 1.29 is 79.1 Å². The monoisotopic (exact) mass is 899 g/mol. The number of ether oxygens (including phenoxy) is 7. The van der Waals surface area contributed by atoms with Crippen molar-refractivity contribution in [2.24, 2.45) is 50.2 Å². The molecule has 5 saturated carbocycles. The predicted molar refractivity (Wildman–Crippen MR) is 222 cm³/mol. The Morgan fingerprint density at radius 3 is 2.02 bits per heavy atom. The summed E-state index contributed by atoms with van der Waals surface area (Å²) in [6.45, 7) is 18.0. The topological polar surface area (TPSA) is 247 Å². The first-order valence-corrected chi connectivity index (χ1v) is 24.0. The molecule has 9 fully saturated rings. The maximum atomic E-state index is 12.2. The summed E-state index contributed by atoms with van der Waals surface area (Å²) in [5.41, 5.74) is -0.693. The third kappa shape index (κ3) is 6.80. The highest BCUT2D eigenvalue weighted by molar-refractivity contribution is 5.28. The van der Waals surface area contributed by atoms with E-state index in [9.17, 15) is 46.0 Å². The Kier molecular flexibility index (Phi) is 12.0. The second-order valence-corrected chi connectivity index (χ2v) is 23.8. The quantitative estimate of drug-likeness (QED) is 0.164. The highest BCUT2D eigenvalue weighted by Crippen LogP contribution is 2.80. The van der Waals surface area contributed by atoms with E-state index in [1.165, 1.54) is 6.92 Å². The molecule has 0 unspecified atom stereocenters. The number of aliphatic hydroxyl groups is 9. The molecule has 9 rings (SSSR count). The molecule has 0 aromatic carbocycles. The van der Waals surface area contributed by atoms with Crippen LogP contribution in [0.2, 0.25) is 0 Å². The van der Waals surface area contributed by atoms with Gasteiger partial charge in [0.1, 0.15) is 61.0 Å². The van der Waals surface area contributed by atoms with Crippen LogP contribution in [0.5, 0.6) is 0 Å². The molecule has 4 saturated heterocycles. The van der Waals surface area contributed by atoms with E-state index in [1.807, 2.05) is 0 Å². The van der Waals surface area contributed by atoms with Crippen LogP contribution in [0.1, 0.15) is 120 Å². The van der Waals surface area contributed by atoms with Crippen molar-refractivity contribution in [2.45, 2.75) is 223 Å². The molecule has 24 atom stereocenters. The van der Waals surface area contributed by atoms with Gasteiger partial charge in [0, 0.05) is 10.8 Å². The summed E-state index contributed by atoms with van der Waals surface area (Å²) in [7, 11) is 0. The van der Waals surface area contributed by atoms with Gasteiger partial charge in [-0.2, -0.15) is 0 Å². The van der Waals surface area contributed by atoms with Gasteiger partial charge in [-0.05, 0) is 111 Å². The molecule has 4 heterocycles. The van der Waals surface area contributed by atoms with E-state index in [0.29, 0.717) is 24.4 Å². The standard InChI is InChI=1S/C47H78O16/c1-22-30(50)33(53)36(56)39(59-22)63-37-34(54)31(51)23(19-48)60-40(37)61-24-20-57-38(35(55)32(24)52)62-29-11-12-43(6)25(42(29,4)5)9-13-44(7)26(43)10-14-47-27-17-41(2,3)15-16-46(27,21-58-47)28(49)18-45(44,47)8/h22-40,48-56H,9-21H2,1-8H3/t22-,23+,24-,25-,26+,27+,28+,29-,30-,31+,32-,33+,34-,35+,36+,37+,38-,39-,40-,43-,44+,45-,46+,47-/m0/s1. The first-order valence-electron chi connectivity index (χ1n) is 24.0. The number of hydrogen-bond acceptors (Lipinski definition) is 16. The van der Waals surface area contributed by atoms with Gasteiger partial charge in [0.2, 0.25) is 0 Å². The molecule has 9 aliphatic rings. The molecule has 0 radical (unpaired) electrons. The van der Waals surface area contributed by atoms with E-state index in [-0.39, 0.29) is 56.9 Å². The fraction of sp³-hybridized carbons (Fsp3) is 1.00. The molecule has 0 aromatic heterocycles. The first kappa shape index (κ1) is 47.4. The van der Waals surface area contributed by atoms with Crippen LogP contribution < -0.4 is 0 Å². The molecule has 4 aliphatic heterocycles. The van der Waals surface area contributed by atoms with E-state index < -0.39 is 92.6 Å². The fourth-order valence-corrected chi connectivity index (χ4v) is 16.2. The summed E-state index contributed by atoms with van der Waals surface area (Å²) in [5, 5.41) is 98.1. The Hall–Kier alpha value is -0.640. The molecular weight excluding hydrogens is 821 g/mol. The van der Waals surface area contributed by atoms with Gasteiger partial charge in [-0.3, -0.25) is 0 Å². The van der Waals surface area contributed by atoms with Gasteiger partial charge in [-0.25, -0.2) is 0 Å². The van der Waals surface area contributed by atoms with Crippen LogP contribution in [-0.2, 0) is 33.2 Å². The molecule has 0 aromatic rings. The number of rotatable bonds is 7. The van der Waals surface area contributed by atoms with Gasteiger partial charge >= 0.3 is 0 Å². The van der Waals surface area contributed by atoms with Crippen molar-refractivity contribution >= 4 is 0 Å². The summed E-state index contributed by atoms with van der Waals surface area (Å²) < 4.78 is 43.2. The maximum Gasteiger partial charge on any atom is 0.187 e. The maximum absolute atomic E-state index is 12.2. The van der Waals surface area contributed by atoms with Gasteiger partial charge in [-0.1, -0.05) is 48.5 Å². The average molecular weight is 899 g/mol. The van der Waals surface area contributed by atoms with Crippen LogP contribution in [0.4, 0.5) is 0 Å². The normalized spacial score (nSPS) is 58.5. The van der Waals surface area contributed by atoms with E-state index in [0.717, 1.165) is 64.2 Å². The van der Waals surface area contributed by atoms with Crippen molar-refractivity contribution in [1.29, 1.82) is 0 Å². The lowest BCUT2D eigenvalue weighted by Gasteiger charge is -2.75. The zero-order valence-corrected chi connectivity index (χ0v) is 38.5. The lowest BCUT2D eigenvalue weighted by Crippen LogP contribution is -2.74. The van der Waals surface area contributed by atoms with Crippen molar-refractivity contribution in [3.05, 3.63) is 0 Å². The van der Waals surface area contributed by atoms with Gasteiger partial charge in [0.25, 0.3) is 0 Å². The van der Waals surface area contributed by atoms with Crippen LogP contribution in [0.15, 0.2) is 0 Å². The summed E-state index contributed by atoms with van der Waals surface area (Å²) in [6, 6.07) is 0. The Labute approximate surface area is 371 Å². The third-order valence-electron chi connectivity index (χ3n) is 20.1. The molecular formula is C47H78O16. The Morgan fingerprint density at radius 2 is 1.30 bits per heavy atom. The fourth-order valence-electron chi connectivity index (χ4n) is 16.2. The zero-order valence-electron chi connectivity index (χ0n) is 38.5. The van der Waals surface area contributed by atoms with Crippen LogP contribution in [0.3, 0.4) is 0 Å². The van der Waals surface area contributed by atoms with E-state index in [2.05, 4.69) is 48.5 Å². The van der Waals surface area contributed by atoms with Crippen molar-refractivity contribution in [3.8, 4) is 0 Å². The molecule has 9 N–H and O–H groups in total. The van der Waals surface area contributed by atoms with Gasteiger partial charge < -0.3 is 79.1 Å². The summed E-state index contributed by atoms with van der Waals surface area (Å²) in [6.07, 6.45) is -11.6. The molecule has 5 aliphatic carbocycles. The van der Waals surface area contributed by atoms with Gasteiger partial charge in [0.15, 0.2) is 18.9 Å². The first-order chi connectivity index (χ1) is 29.4. The molecule has 2 bridgehead atoms. The van der Waals surface area contributed by atoms with Crippen LogP contribution in [0.25, 0.3) is 0 Å². The minimum atomic E-state index is -1.75. The summed E-state index contributed by atoms with van der Waals surface area (Å²) >= 11 is 0. The predicted octanol–water partition coefficient (Wildman–Crippen LogP) is 1.49. The summed E-state index contributed by atoms with van der Waals surface area (Å²) in [4.78, 5) is 0. The lowest BCUT2D eigenvalue weighted by atomic mass is 9.30. The van der Waals surface area contributed by atoms with Crippen LogP contribution >= 0.6 is 0 Å². The molecule has 63 heavy (non-hydrogen) atoms. The molecule has 16 nitrogen and oxygen atoms in total. The number of fused-ring (bicyclic) bond motifs is 4. The van der Waals surface area contributed by atoms with Gasteiger partial charge in [-0.15, -0.1) is 0 Å². The number of hydrogen-bond donors (Lipinski definition) is 9. The zero-order chi connectivity index (χ0) is 45.6. The highest BCUT2D eigenvalue weighted by Gasteiger charge is 2.80. The Balaban J connectivity index is 0.879. The highest BCUT2D eigenvalue weighted by atomic mass is 16.8. The van der Waals surface area contributed by atoms with Crippen LogP contribution in [-0.4, -0.2) is 170 Å². The average Bonchev–Trinajstić information content (AvgIpc) is 3.50. The molecule has 362 valence electrons. The SMILES string of the molecule is C[C@@H]1O[C@@H](O[C@H]2[C@H](O[C@H]3CO[C@@H](O[C@H]4CC[C@]5(C)[C@H]6CC[C@]78OC[C@@]9(CCC(C)(C)C[C@H]97)[C@H](O)C[C@@]8(C)[C@]6(C)CC[C@H]5C4(C)C)[C@H](O)[C@H]3O)O[C@H](CO)[C@@H](O)[C@@H]2O)[C@H](O)[C@H](O)[C@H]1O. The van der Waals surface area contributed by atoms with E-state index in [4.69, 9.17) is 33.2 Å². The van der Waals surface area contributed by atoms with Crippen molar-refractivity contribution in [1.82, 2.24) is 0 Å². The van der Waals surface area contributed by atoms with E-state index in [1.54, 1.807) is 0 Å². The molecule has 0 amide bonds. The molecule has 1 spiro atoms. The molecule has 16 heteroatoms. The second kappa shape index (κ2) is 16.0. The third-order valence-corrected chi connectivity index (χ3v) is 20.1. The Bertz CT molecular complexity index is 1680. The van der Waals surface area contributed by atoms with Crippen LogP contribution in [0, 0.1) is 50.2 Å². The lowest BCUT2D eigenvalue weighted by molar-refractivity contribution is -0.382.